The molecule has 0 radical (unpaired) electrons. The van der Waals surface area contributed by atoms with E-state index in [-0.39, 0.29) is 11.8 Å². The molecule has 1 atom stereocenters. The van der Waals surface area contributed by atoms with Crippen molar-refractivity contribution in [3.8, 4) is 11.4 Å². The van der Waals surface area contributed by atoms with E-state index in [1.54, 1.807) is 12.1 Å². The van der Waals surface area contributed by atoms with Crippen LogP contribution >= 0.6 is 11.6 Å². The third-order valence-corrected chi connectivity index (χ3v) is 4.74. The zero-order valence-electron chi connectivity index (χ0n) is 15.2. The van der Waals surface area contributed by atoms with Crippen molar-refractivity contribution < 1.29 is 9.32 Å². The Bertz CT molecular complexity index is 729. The van der Waals surface area contributed by atoms with Crippen molar-refractivity contribution in [3.05, 3.63) is 35.2 Å². The summed E-state index contributed by atoms with van der Waals surface area (Å²) in [6.07, 6.45) is 1.93. The first-order chi connectivity index (χ1) is 12.5. The van der Waals surface area contributed by atoms with Gasteiger partial charge in [-0.05, 0) is 49.6 Å². The van der Waals surface area contributed by atoms with E-state index in [0.717, 1.165) is 38.0 Å². The van der Waals surface area contributed by atoms with E-state index in [9.17, 15) is 4.79 Å². The number of amides is 1. The number of carbonyl (C=O) groups is 1. The number of likely N-dealkylation sites (tertiary alicyclic amines) is 1. The van der Waals surface area contributed by atoms with Gasteiger partial charge < -0.3 is 9.84 Å². The fourth-order valence-corrected chi connectivity index (χ4v) is 3.21. The highest BCUT2D eigenvalue weighted by atomic mass is 35.5. The summed E-state index contributed by atoms with van der Waals surface area (Å²) in [5, 5.41) is 7.76. The number of benzene rings is 1. The second-order valence-corrected chi connectivity index (χ2v) is 7.67. The Morgan fingerprint density at radius 1 is 1.38 bits per heavy atom. The normalized spacial score (nSPS) is 18.2. The van der Waals surface area contributed by atoms with Gasteiger partial charge >= 0.3 is 0 Å². The number of piperidine rings is 1. The highest BCUT2D eigenvalue weighted by molar-refractivity contribution is 6.30. The van der Waals surface area contributed by atoms with Crippen LogP contribution in [0, 0.1) is 11.8 Å². The molecule has 1 fully saturated rings. The van der Waals surface area contributed by atoms with Gasteiger partial charge in [-0.25, -0.2) is 0 Å². The van der Waals surface area contributed by atoms with Crippen LogP contribution in [-0.2, 0) is 11.3 Å². The molecule has 140 valence electrons. The number of halogens is 1. The lowest BCUT2D eigenvalue weighted by Crippen LogP contribution is -2.43. The molecule has 0 bridgehead atoms. The predicted molar refractivity (Wildman–Crippen MR) is 101 cm³/mol. The van der Waals surface area contributed by atoms with E-state index in [1.807, 2.05) is 12.1 Å². The molecule has 3 rings (SSSR count). The van der Waals surface area contributed by atoms with E-state index >= 15 is 0 Å². The summed E-state index contributed by atoms with van der Waals surface area (Å²) in [5.41, 5.74) is 0.869. The number of nitrogens with zero attached hydrogens (tertiary/aromatic N) is 3. The summed E-state index contributed by atoms with van der Waals surface area (Å²) >= 11 is 5.91. The molecule has 6 nitrogen and oxygen atoms in total. The van der Waals surface area contributed by atoms with Gasteiger partial charge in [0, 0.05) is 23.7 Å². The van der Waals surface area contributed by atoms with Gasteiger partial charge in [-0.1, -0.05) is 30.6 Å². The minimum absolute atomic E-state index is 0.0288. The Kier molecular flexibility index (Phi) is 6.27. The number of hydrogen-bond acceptors (Lipinski definition) is 5. The van der Waals surface area contributed by atoms with Gasteiger partial charge in [0.2, 0.25) is 17.6 Å². The topological polar surface area (TPSA) is 71.3 Å². The van der Waals surface area contributed by atoms with E-state index in [4.69, 9.17) is 16.1 Å². The minimum Gasteiger partial charge on any atom is -0.356 e. The Morgan fingerprint density at radius 3 is 2.88 bits per heavy atom. The zero-order valence-corrected chi connectivity index (χ0v) is 16.0. The van der Waals surface area contributed by atoms with Crippen LogP contribution in [0.25, 0.3) is 11.4 Å². The molecule has 0 saturated carbocycles. The molecular formula is C19H25ClN4O2. The van der Waals surface area contributed by atoms with Gasteiger partial charge in [-0.3, -0.25) is 9.69 Å². The van der Waals surface area contributed by atoms with Crippen LogP contribution in [0.15, 0.2) is 28.8 Å². The molecule has 1 aliphatic rings. The maximum atomic E-state index is 12.3. The first kappa shape index (κ1) is 18.9. The van der Waals surface area contributed by atoms with Gasteiger partial charge in [0.25, 0.3) is 0 Å². The lowest BCUT2D eigenvalue weighted by Gasteiger charge is -2.31. The summed E-state index contributed by atoms with van der Waals surface area (Å²) in [4.78, 5) is 19.0. The van der Waals surface area contributed by atoms with E-state index in [0.29, 0.717) is 29.2 Å². The molecule has 1 saturated heterocycles. The maximum Gasteiger partial charge on any atom is 0.241 e. The molecule has 0 spiro atoms. The Hall–Kier alpha value is -1.92. The smallest absolute Gasteiger partial charge is 0.241 e. The molecule has 2 heterocycles. The van der Waals surface area contributed by atoms with Crippen molar-refractivity contribution >= 4 is 17.5 Å². The second-order valence-electron chi connectivity index (χ2n) is 7.23. The quantitative estimate of drug-likeness (QED) is 0.836. The number of carbonyl (C=O) groups excluding carboxylic acids is 1. The monoisotopic (exact) mass is 376 g/mol. The standard InChI is InChI=1S/C19H25ClN4O2/c1-13(2)10-21-19(25)15-4-3-9-24(11-15)12-17-22-18(23-26-17)14-5-7-16(20)8-6-14/h5-8,13,15H,3-4,9-12H2,1-2H3,(H,21,25). The SMILES string of the molecule is CC(C)CNC(=O)C1CCCN(Cc2nc(-c3ccc(Cl)cc3)no2)C1. The number of rotatable bonds is 6. The molecule has 1 aromatic heterocycles. The van der Waals surface area contributed by atoms with Gasteiger partial charge in [0.05, 0.1) is 12.5 Å². The summed E-state index contributed by atoms with van der Waals surface area (Å²) in [5.74, 6) is 1.76. The van der Waals surface area contributed by atoms with Crippen LogP contribution in [0.5, 0.6) is 0 Å². The molecule has 1 aromatic carbocycles. The van der Waals surface area contributed by atoms with Crippen LogP contribution < -0.4 is 5.32 Å². The highest BCUT2D eigenvalue weighted by Gasteiger charge is 2.26. The molecule has 1 amide bonds. The Balaban J connectivity index is 1.57. The molecule has 26 heavy (non-hydrogen) atoms. The van der Waals surface area contributed by atoms with Crippen molar-refractivity contribution in [2.24, 2.45) is 11.8 Å². The second kappa shape index (κ2) is 8.64. The molecule has 2 aromatic rings. The third kappa shape index (κ3) is 5.05. The number of nitrogens with one attached hydrogen (secondary N) is 1. The molecule has 1 unspecified atom stereocenters. The summed E-state index contributed by atoms with van der Waals surface area (Å²) < 4.78 is 5.39. The first-order valence-corrected chi connectivity index (χ1v) is 9.47. The third-order valence-electron chi connectivity index (χ3n) is 4.49. The zero-order chi connectivity index (χ0) is 18.5. The van der Waals surface area contributed by atoms with E-state index in [2.05, 4.69) is 34.2 Å². The molecule has 0 aliphatic carbocycles. The van der Waals surface area contributed by atoms with E-state index < -0.39 is 0 Å². The summed E-state index contributed by atoms with van der Waals surface area (Å²) in [6, 6.07) is 7.34. The Morgan fingerprint density at radius 2 is 2.15 bits per heavy atom. The fourth-order valence-electron chi connectivity index (χ4n) is 3.09. The van der Waals surface area contributed by atoms with Crippen LogP contribution in [0.4, 0.5) is 0 Å². The van der Waals surface area contributed by atoms with Gasteiger partial charge in [0.1, 0.15) is 0 Å². The number of hydrogen-bond donors (Lipinski definition) is 1. The average Bonchev–Trinajstić information content (AvgIpc) is 3.09. The molecule has 1 N–H and O–H groups in total. The fraction of sp³-hybridized carbons (Fsp3) is 0.526. The average molecular weight is 377 g/mol. The van der Waals surface area contributed by atoms with Gasteiger partial charge in [-0.15, -0.1) is 0 Å². The van der Waals surface area contributed by atoms with Crippen molar-refractivity contribution in [3.63, 3.8) is 0 Å². The van der Waals surface area contributed by atoms with Crippen molar-refractivity contribution in [1.29, 1.82) is 0 Å². The molecular weight excluding hydrogens is 352 g/mol. The highest BCUT2D eigenvalue weighted by Crippen LogP contribution is 2.21. The molecule has 7 heteroatoms. The number of aromatic nitrogens is 2. The van der Waals surface area contributed by atoms with Crippen LogP contribution in [0.1, 0.15) is 32.6 Å². The molecule has 1 aliphatic heterocycles. The predicted octanol–water partition coefficient (Wildman–Crippen LogP) is 3.37. The van der Waals surface area contributed by atoms with E-state index in [1.165, 1.54) is 0 Å². The minimum atomic E-state index is 0.0288. The maximum absolute atomic E-state index is 12.3. The lowest BCUT2D eigenvalue weighted by molar-refractivity contribution is -0.127. The summed E-state index contributed by atoms with van der Waals surface area (Å²) in [7, 11) is 0. The van der Waals surface area contributed by atoms with Gasteiger partial charge in [0.15, 0.2) is 0 Å². The summed E-state index contributed by atoms with van der Waals surface area (Å²) in [6.45, 7) is 7.15. The van der Waals surface area contributed by atoms with Crippen LogP contribution in [-0.4, -0.2) is 40.6 Å². The van der Waals surface area contributed by atoms with Crippen LogP contribution in [0.3, 0.4) is 0 Å². The van der Waals surface area contributed by atoms with Crippen molar-refractivity contribution in [1.82, 2.24) is 20.4 Å². The van der Waals surface area contributed by atoms with Crippen molar-refractivity contribution in [2.75, 3.05) is 19.6 Å². The van der Waals surface area contributed by atoms with Crippen molar-refractivity contribution in [2.45, 2.75) is 33.2 Å². The van der Waals surface area contributed by atoms with Gasteiger partial charge in [-0.2, -0.15) is 4.98 Å². The lowest BCUT2D eigenvalue weighted by atomic mass is 9.97. The first-order valence-electron chi connectivity index (χ1n) is 9.10. The largest absolute Gasteiger partial charge is 0.356 e. The Labute approximate surface area is 158 Å². The van der Waals surface area contributed by atoms with Crippen LogP contribution in [0.2, 0.25) is 5.02 Å².